The Bertz CT molecular complexity index is 515. The average Bonchev–Trinajstić information content (AvgIpc) is 2.52. The summed E-state index contributed by atoms with van der Waals surface area (Å²) in [6.07, 6.45) is 0.772. The van der Waals surface area contributed by atoms with Gasteiger partial charge in [-0.25, -0.2) is 9.59 Å². The lowest BCUT2D eigenvalue weighted by molar-refractivity contribution is -0.145. The van der Waals surface area contributed by atoms with Crippen molar-refractivity contribution in [3.8, 4) is 0 Å². The molecule has 0 unspecified atom stereocenters. The van der Waals surface area contributed by atoms with Crippen molar-refractivity contribution in [2.45, 2.75) is 39.3 Å². The number of nitrogens with zero attached hydrogens (tertiary/aromatic N) is 1. The molecule has 1 N–H and O–H groups in total. The van der Waals surface area contributed by atoms with Crippen LogP contribution in [-0.2, 0) is 16.1 Å². The summed E-state index contributed by atoms with van der Waals surface area (Å²) >= 11 is 0. The first-order chi connectivity index (χ1) is 10.5. The molecule has 1 saturated heterocycles. The molecule has 22 heavy (non-hydrogen) atoms. The first kappa shape index (κ1) is 16.3. The summed E-state index contributed by atoms with van der Waals surface area (Å²) in [6.45, 7) is 4.78. The molecule has 1 aliphatic rings. The van der Waals surface area contributed by atoms with E-state index in [1.807, 2.05) is 30.3 Å². The van der Waals surface area contributed by atoms with Gasteiger partial charge in [0.05, 0.1) is 0 Å². The second kappa shape index (κ2) is 7.29. The Balaban J connectivity index is 1.97. The zero-order valence-electron chi connectivity index (χ0n) is 13.1. The van der Waals surface area contributed by atoms with Crippen molar-refractivity contribution in [3.63, 3.8) is 0 Å². The Morgan fingerprint density at radius 2 is 2.00 bits per heavy atom. The van der Waals surface area contributed by atoms with E-state index in [9.17, 15) is 14.7 Å². The number of hydrogen-bond acceptors (Lipinski definition) is 3. The Hall–Kier alpha value is -2.04. The molecule has 5 heteroatoms. The van der Waals surface area contributed by atoms with Crippen LogP contribution in [0.2, 0.25) is 0 Å². The highest BCUT2D eigenvalue weighted by Gasteiger charge is 2.37. The Morgan fingerprint density at radius 1 is 1.32 bits per heavy atom. The molecule has 120 valence electrons. The number of benzene rings is 1. The number of carbonyl (C=O) groups excluding carboxylic acids is 1. The van der Waals surface area contributed by atoms with Crippen LogP contribution in [-0.4, -0.2) is 34.7 Å². The van der Waals surface area contributed by atoms with Gasteiger partial charge in [-0.3, -0.25) is 4.90 Å². The zero-order valence-corrected chi connectivity index (χ0v) is 13.1. The maximum atomic E-state index is 12.2. The fourth-order valence-corrected chi connectivity index (χ4v) is 2.85. The highest BCUT2D eigenvalue weighted by molar-refractivity contribution is 5.80. The van der Waals surface area contributed by atoms with E-state index < -0.39 is 18.1 Å². The molecule has 2 rings (SSSR count). The molecule has 5 nitrogen and oxygen atoms in total. The fraction of sp³-hybridized carbons (Fsp3) is 0.529. The summed E-state index contributed by atoms with van der Waals surface area (Å²) < 4.78 is 5.27. The first-order valence-electron chi connectivity index (χ1n) is 7.69. The number of ether oxygens (including phenoxy) is 1. The van der Waals surface area contributed by atoms with Crippen LogP contribution in [0.15, 0.2) is 30.3 Å². The fourth-order valence-electron chi connectivity index (χ4n) is 2.85. The molecule has 0 aliphatic carbocycles. The Labute approximate surface area is 130 Å². The van der Waals surface area contributed by atoms with Crippen molar-refractivity contribution in [2.75, 3.05) is 6.54 Å². The summed E-state index contributed by atoms with van der Waals surface area (Å²) in [5, 5.41) is 9.39. The monoisotopic (exact) mass is 305 g/mol. The molecule has 1 aromatic rings. The number of rotatable bonds is 4. The van der Waals surface area contributed by atoms with Crippen LogP contribution in [0, 0.1) is 11.8 Å². The molecule has 0 bridgehead atoms. The number of aliphatic carboxylic acids is 1. The number of carboxylic acids is 1. The molecule has 0 radical (unpaired) electrons. The van der Waals surface area contributed by atoms with E-state index in [-0.39, 0.29) is 6.61 Å². The van der Waals surface area contributed by atoms with E-state index in [1.165, 1.54) is 4.90 Å². The van der Waals surface area contributed by atoms with Gasteiger partial charge in [0, 0.05) is 6.54 Å². The standard InChI is InChI=1S/C17H23NO4/c1-12(2)14-8-9-18(15(10-14)16(19)20)17(21)22-11-13-6-4-3-5-7-13/h3-7,12,14-15H,8-11H2,1-2H3,(H,19,20)/t14-,15-/m1/s1. The van der Waals surface area contributed by atoms with Crippen LogP contribution in [0.3, 0.4) is 0 Å². The van der Waals surface area contributed by atoms with Crippen molar-refractivity contribution < 1.29 is 19.4 Å². The molecule has 0 saturated carbocycles. The van der Waals surface area contributed by atoms with Crippen LogP contribution < -0.4 is 0 Å². The normalized spacial score (nSPS) is 21.7. The van der Waals surface area contributed by atoms with Crippen LogP contribution in [0.4, 0.5) is 4.79 Å². The van der Waals surface area contributed by atoms with E-state index in [1.54, 1.807) is 0 Å². The van der Waals surface area contributed by atoms with Crippen LogP contribution in [0.5, 0.6) is 0 Å². The molecule has 1 aliphatic heterocycles. The lowest BCUT2D eigenvalue weighted by Crippen LogP contribution is -2.50. The average molecular weight is 305 g/mol. The summed E-state index contributed by atoms with van der Waals surface area (Å²) in [7, 11) is 0. The van der Waals surface area contributed by atoms with Crippen LogP contribution in [0.1, 0.15) is 32.3 Å². The SMILES string of the molecule is CC(C)[C@@H]1CCN(C(=O)OCc2ccccc2)[C@@H](C(=O)O)C1. The van der Waals surface area contributed by atoms with E-state index in [2.05, 4.69) is 13.8 Å². The second-order valence-corrected chi connectivity index (χ2v) is 6.12. The van der Waals surface area contributed by atoms with E-state index >= 15 is 0 Å². The quantitative estimate of drug-likeness (QED) is 0.928. The molecule has 2 atom stereocenters. The maximum Gasteiger partial charge on any atom is 0.410 e. The zero-order chi connectivity index (χ0) is 16.1. The third-order valence-electron chi connectivity index (χ3n) is 4.31. The third kappa shape index (κ3) is 4.00. The summed E-state index contributed by atoms with van der Waals surface area (Å²) in [5.74, 6) is -0.203. The van der Waals surface area contributed by atoms with Gasteiger partial charge in [-0.05, 0) is 30.2 Å². The Kier molecular flexibility index (Phi) is 5.41. The van der Waals surface area contributed by atoms with Gasteiger partial charge in [-0.2, -0.15) is 0 Å². The lowest BCUT2D eigenvalue weighted by atomic mass is 9.83. The van der Waals surface area contributed by atoms with E-state index in [0.717, 1.165) is 12.0 Å². The van der Waals surface area contributed by atoms with Crippen LogP contribution >= 0.6 is 0 Å². The predicted molar refractivity (Wildman–Crippen MR) is 82.3 cm³/mol. The van der Waals surface area contributed by atoms with Gasteiger partial charge in [-0.15, -0.1) is 0 Å². The van der Waals surface area contributed by atoms with E-state index in [0.29, 0.717) is 24.8 Å². The Morgan fingerprint density at radius 3 is 2.59 bits per heavy atom. The number of likely N-dealkylation sites (tertiary alicyclic amines) is 1. The minimum atomic E-state index is -0.956. The number of piperidine rings is 1. The van der Waals surface area contributed by atoms with Gasteiger partial charge in [0.2, 0.25) is 0 Å². The summed E-state index contributed by atoms with van der Waals surface area (Å²) in [6, 6.07) is 8.58. The first-order valence-corrected chi connectivity index (χ1v) is 7.69. The minimum Gasteiger partial charge on any atom is -0.480 e. The van der Waals surface area contributed by atoms with Crippen molar-refractivity contribution in [2.24, 2.45) is 11.8 Å². The lowest BCUT2D eigenvalue weighted by Gasteiger charge is -2.37. The van der Waals surface area contributed by atoms with Crippen molar-refractivity contribution in [1.29, 1.82) is 0 Å². The number of amides is 1. The van der Waals surface area contributed by atoms with Gasteiger partial charge >= 0.3 is 12.1 Å². The van der Waals surface area contributed by atoms with Gasteiger partial charge < -0.3 is 9.84 Å². The molecule has 1 aromatic carbocycles. The largest absolute Gasteiger partial charge is 0.480 e. The minimum absolute atomic E-state index is 0.163. The topological polar surface area (TPSA) is 66.8 Å². The van der Waals surface area contributed by atoms with Gasteiger partial charge in [0.15, 0.2) is 0 Å². The predicted octanol–water partition coefficient (Wildman–Crippen LogP) is 3.14. The maximum absolute atomic E-state index is 12.2. The number of hydrogen-bond donors (Lipinski definition) is 1. The third-order valence-corrected chi connectivity index (χ3v) is 4.31. The molecule has 0 spiro atoms. The van der Waals surface area contributed by atoms with E-state index in [4.69, 9.17) is 4.74 Å². The summed E-state index contributed by atoms with van der Waals surface area (Å²) in [4.78, 5) is 25.0. The second-order valence-electron chi connectivity index (χ2n) is 6.12. The molecular formula is C17H23NO4. The van der Waals surface area contributed by atoms with Gasteiger partial charge in [0.25, 0.3) is 0 Å². The van der Waals surface area contributed by atoms with Gasteiger partial charge in [-0.1, -0.05) is 44.2 Å². The van der Waals surface area contributed by atoms with Crippen molar-refractivity contribution in [3.05, 3.63) is 35.9 Å². The number of carbonyl (C=O) groups is 2. The molecule has 1 heterocycles. The molecule has 1 amide bonds. The molecule has 1 fully saturated rings. The highest BCUT2D eigenvalue weighted by atomic mass is 16.6. The van der Waals surface area contributed by atoms with Gasteiger partial charge in [0.1, 0.15) is 12.6 Å². The molecule has 0 aromatic heterocycles. The molecular weight excluding hydrogens is 282 g/mol. The summed E-state index contributed by atoms with van der Waals surface area (Å²) in [5.41, 5.74) is 0.889. The van der Waals surface area contributed by atoms with Crippen LogP contribution in [0.25, 0.3) is 0 Å². The highest BCUT2D eigenvalue weighted by Crippen LogP contribution is 2.29. The smallest absolute Gasteiger partial charge is 0.410 e. The van der Waals surface area contributed by atoms with Crippen molar-refractivity contribution in [1.82, 2.24) is 4.90 Å². The van der Waals surface area contributed by atoms with Crippen molar-refractivity contribution >= 4 is 12.1 Å². The number of carboxylic acid groups (broad SMARTS) is 1.